The zero-order valence-corrected chi connectivity index (χ0v) is 9.48. The van der Waals surface area contributed by atoms with Crippen molar-refractivity contribution in [2.24, 2.45) is 5.92 Å². The summed E-state index contributed by atoms with van der Waals surface area (Å²) >= 11 is 0. The predicted octanol–water partition coefficient (Wildman–Crippen LogP) is 2.19. The molecule has 1 aromatic rings. The summed E-state index contributed by atoms with van der Waals surface area (Å²) in [5.74, 6) is 0.502. The lowest BCUT2D eigenvalue weighted by molar-refractivity contribution is -0.0542. The minimum Gasteiger partial charge on any atom is -0.492 e. The molecular weight excluding hydrogens is 224 g/mol. The highest BCUT2D eigenvalue weighted by molar-refractivity contribution is 5.35. The van der Waals surface area contributed by atoms with E-state index in [1.807, 2.05) is 24.3 Å². The summed E-state index contributed by atoms with van der Waals surface area (Å²) in [5, 5.41) is 0. The smallest absolute Gasteiger partial charge is 0.243 e. The second-order valence-electron chi connectivity index (χ2n) is 4.83. The number of nitrogens with zero attached hydrogens (tertiary/aromatic N) is 1. The van der Waals surface area contributed by atoms with Crippen LogP contribution in [0.25, 0.3) is 0 Å². The summed E-state index contributed by atoms with van der Waals surface area (Å²) < 4.78 is 30.5. The molecule has 0 bridgehead atoms. The van der Waals surface area contributed by atoms with Crippen LogP contribution in [-0.2, 0) is 6.42 Å². The molecule has 2 heterocycles. The largest absolute Gasteiger partial charge is 0.492 e. The summed E-state index contributed by atoms with van der Waals surface area (Å²) in [7, 11) is 0. The van der Waals surface area contributed by atoms with E-state index in [2.05, 4.69) is 4.90 Å². The topological polar surface area (TPSA) is 12.5 Å². The van der Waals surface area contributed by atoms with E-state index in [1.165, 1.54) is 5.56 Å². The third-order valence-corrected chi connectivity index (χ3v) is 3.67. The Labute approximate surface area is 99.2 Å². The molecule has 1 aromatic carbocycles. The van der Waals surface area contributed by atoms with Gasteiger partial charge in [0.25, 0.3) is 0 Å². The third-order valence-electron chi connectivity index (χ3n) is 3.67. The zero-order valence-electron chi connectivity index (χ0n) is 9.48. The van der Waals surface area contributed by atoms with Crippen molar-refractivity contribution in [3.63, 3.8) is 0 Å². The first-order valence-electron chi connectivity index (χ1n) is 5.97. The summed E-state index contributed by atoms with van der Waals surface area (Å²) in [6.45, 7) is 1.63. The van der Waals surface area contributed by atoms with Gasteiger partial charge in [0.2, 0.25) is 6.43 Å². The van der Waals surface area contributed by atoms with Gasteiger partial charge in [0.15, 0.2) is 0 Å². The fourth-order valence-corrected chi connectivity index (χ4v) is 2.55. The first-order chi connectivity index (χ1) is 8.24. The molecule has 0 unspecified atom stereocenters. The molecule has 17 heavy (non-hydrogen) atoms. The van der Waals surface area contributed by atoms with Crippen LogP contribution in [0.15, 0.2) is 24.3 Å². The van der Waals surface area contributed by atoms with Crippen LogP contribution in [0.1, 0.15) is 5.56 Å². The normalized spacial score (nSPS) is 25.2. The number of hydrogen-bond acceptors (Lipinski definition) is 2. The van der Waals surface area contributed by atoms with E-state index in [1.54, 1.807) is 0 Å². The highest BCUT2D eigenvalue weighted by Crippen LogP contribution is 2.31. The van der Waals surface area contributed by atoms with Crippen molar-refractivity contribution in [2.75, 3.05) is 19.7 Å². The second kappa shape index (κ2) is 4.26. The number of benzene rings is 1. The molecule has 3 rings (SSSR count). The maximum absolute atomic E-state index is 12.4. The van der Waals surface area contributed by atoms with Gasteiger partial charge in [0.05, 0.1) is 0 Å². The lowest BCUT2D eigenvalue weighted by Crippen LogP contribution is -2.57. The van der Waals surface area contributed by atoms with Crippen LogP contribution < -0.4 is 4.74 Å². The Kier molecular flexibility index (Phi) is 2.74. The molecule has 1 atom stereocenters. The Morgan fingerprint density at radius 1 is 1.24 bits per heavy atom. The molecule has 0 radical (unpaired) electrons. The van der Waals surface area contributed by atoms with E-state index in [4.69, 9.17) is 4.74 Å². The van der Waals surface area contributed by atoms with Gasteiger partial charge in [-0.25, -0.2) is 8.78 Å². The van der Waals surface area contributed by atoms with E-state index in [9.17, 15) is 8.78 Å². The van der Waals surface area contributed by atoms with Gasteiger partial charge in [-0.05, 0) is 18.1 Å². The van der Waals surface area contributed by atoms with E-state index in [0.29, 0.717) is 19.7 Å². The number of halogens is 2. The van der Waals surface area contributed by atoms with Crippen LogP contribution in [0.2, 0.25) is 0 Å². The first kappa shape index (κ1) is 11.0. The maximum atomic E-state index is 12.4. The average molecular weight is 239 g/mol. The Bertz CT molecular complexity index is 404. The van der Waals surface area contributed by atoms with Gasteiger partial charge in [0, 0.05) is 25.0 Å². The SMILES string of the molecule is FC(F)C1CN([C@H]2COc3ccccc3C2)C1. The average Bonchev–Trinajstić information content (AvgIpc) is 2.26. The lowest BCUT2D eigenvalue weighted by atomic mass is 9.94. The minimum atomic E-state index is -2.18. The van der Waals surface area contributed by atoms with Crippen molar-refractivity contribution >= 4 is 0 Å². The van der Waals surface area contributed by atoms with Gasteiger partial charge in [-0.15, -0.1) is 0 Å². The summed E-state index contributed by atoms with van der Waals surface area (Å²) in [4.78, 5) is 2.10. The van der Waals surface area contributed by atoms with E-state index < -0.39 is 12.3 Å². The quantitative estimate of drug-likeness (QED) is 0.784. The molecule has 4 heteroatoms. The molecule has 0 spiro atoms. The molecule has 0 saturated carbocycles. The van der Waals surface area contributed by atoms with Crippen molar-refractivity contribution in [1.82, 2.24) is 4.90 Å². The number of fused-ring (bicyclic) bond motifs is 1. The number of likely N-dealkylation sites (tertiary alicyclic amines) is 1. The van der Waals surface area contributed by atoms with Crippen molar-refractivity contribution in [2.45, 2.75) is 18.9 Å². The highest BCUT2D eigenvalue weighted by atomic mass is 19.3. The molecule has 2 nitrogen and oxygen atoms in total. The summed E-state index contributed by atoms with van der Waals surface area (Å²) in [5.41, 5.74) is 1.18. The Morgan fingerprint density at radius 2 is 2.00 bits per heavy atom. The zero-order chi connectivity index (χ0) is 11.8. The van der Waals surface area contributed by atoms with Crippen LogP contribution >= 0.6 is 0 Å². The summed E-state index contributed by atoms with van der Waals surface area (Å²) in [6, 6.07) is 8.22. The van der Waals surface area contributed by atoms with Crippen LogP contribution in [0.4, 0.5) is 8.78 Å². The molecular formula is C13H15F2NO. The van der Waals surface area contributed by atoms with E-state index in [-0.39, 0.29) is 6.04 Å². The Morgan fingerprint density at radius 3 is 2.76 bits per heavy atom. The molecule has 2 aliphatic rings. The van der Waals surface area contributed by atoms with E-state index >= 15 is 0 Å². The lowest BCUT2D eigenvalue weighted by Gasteiger charge is -2.45. The molecule has 92 valence electrons. The molecule has 1 fully saturated rings. The highest BCUT2D eigenvalue weighted by Gasteiger charge is 2.38. The van der Waals surface area contributed by atoms with Gasteiger partial charge in [-0.2, -0.15) is 0 Å². The number of rotatable bonds is 2. The minimum absolute atomic E-state index is 0.264. The molecule has 1 saturated heterocycles. The molecule has 0 aliphatic carbocycles. The van der Waals surface area contributed by atoms with Crippen molar-refractivity contribution in [3.8, 4) is 5.75 Å². The van der Waals surface area contributed by atoms with Crippen molar-refractivity contribution in [3.05, 3.63) is 29.8 Å². The maximum Gasteiger partial charge on any atom is 0.243 e. The molecule has 0 N–H and O–H groups in total. The van der Waals surface area contributed by atoms with Gasteiger partial charge in [-0.3, -0.25) is 4.90 Å². The van der Waals surface area contributed by atoms with Gasteiger partial charge < -0.3 is 4.74 Å². The monoisotopic (exact) mass is 239 g/mol. The van der Waals surface area contributed by atoms with Crippen LogP contribution in [0.3, 0.4) is 0 Å². The van der Waals surface area contributed by atoms with Crippen LogP contribution in [0.5, 0.6) is 5.75 Å². The summed E-state index contributed by atoms with van der Waals surface area (Å²) in [6.07, 6.45) is -1.27. The molecule has 0 aromatic heterocycles. The molecule has 2 aliphatic heterocycles. The van der Waals surface area contributed by atoms with Gasteiger partial charge in [-0.1, -0.05) is 18.2 Å². The van der Waals surface area contributed by atoms with Crippen molar-refractivity contribution in [1.29, 1.82) is 0 Å². The van der Waals surface area contributed by atoms with Gasteiger partial charge in [0.1, 0.15) is 12.4 Å². The fourth-order valence-electron chi connectivity index (χ4n) is 2.55. The number of para-hydroxylation sites is 1. The predicted molar refractivity (Wildman–Crippen MR) is 60.5 cm³/mol. The number of ether oxygens (including phenoxy) is 1. The van der Waals surface area contributed by atoms with Crippen LogP contribution in [0, 0.1) is 5.92 Å². The number of hydrogen-bond donors (Lipinski definition) is 0. The van der Waals surface area contributed by atoms with Crippen molar-refractivity contribution < 1.29 is 13.5 Å². The fraction of sp³-hybridized carbons (Fsp3) is 0.538. The van der Waals surface area contributed by atoms with E-state index in [0.717, 1.165) is 12.2 Å². The Balaban J connectivity index is 1.62. The second-order valence-corrected chi connectivity index (χ2v) is 4.83. The standard InChI is InChI=1S/C13H15F2NO/c14-13(15)10-6-16(7-10)11-5-9-3-1-2-4-12(9)17-8-11/h1-4,10-11,13H,5-8H2/t11-/m1/s1. The van der Waals surface area contributed by atoms with Gasteiger partial charge >= 0.3 is 0 Å². The molecule has 0 amide bonds. The van der Waals surface area contributed by atoms with Crippen LogP contribution in [-0.4, -0.2) is 37.1 Å². The number of alkyl halides is 2. The third kappa shape index (κ3) is 2.02. The Hall–Kier alpha value is -1.16. The first-order valence-corrected chi connectivity index (χ1v) is 5.97.